The van der Waals surface area contributed by atoms with Crippen molar-refractivity contribution in [2.75, 3.05) is 19.6 Å². The molecule has 3 heteroatoms. The third-order valence-corrected chi connectivity index (χ3v) is 3.07. The Hall–Kier alpha value is -1.67. The summed E-state index contributed by atoms with van der Waals surface area (Å²) in [4.78, 5) is 0. The lowest BCUT2D eigenvalue weighted by Crippen LogP contribution is -1.97. The Balaban J connectivity index is 2.12. The van der Waals surface area contributed by atoms with Gasteiger partial charge in [-0.15, -0.1) is 11.6 Å². The predicted octanol–water partition coefficient (Wildman–Crippen LogP) is 4.37. The van der Waals surface area contributed by atoms with Crippen molar-refractivity contribution < 1.29 is 9.47 Å². The van der Waals surface area contributed by atoms with Crippen molar-refractivity contribution in [1.82, 2.24) is 0 Å². The Kier molecular flexibility index (Phi) is 5.10. The minimum absolute atomic E-state index is 0.623. The van der Waals surface area contributed by atoms with E-state index in [-0.39, 0.29) is 0 Å². The maximum atomic E-state index is 5.64. The maximum absolute atomic E-state index is 5.64. The van der Waals surface area contributed by atoms with E-state index in [0.717, 1.165) is 29.0 Å². The van der Waals surface area contributed by atoms with Crippen LogP contribution in [0.3, 0.4) is 0 Å². The summed E-state index contributed by atoms with van der Waals surface area (Å²) in [6.07, 6.45) is 0.855. The van der Waals surface area contributed by atoms with Crippen molar-refractivity contribution in [3.05, 3.63) is 48.5 Å². The van der Waals surface area contributed by atoms with Gasteiger partial charge in [0.15, 0.2) is 0 Å². The van der Waals surface area contributed by atoms with Crippen LogP contribution in [0.2, 0.25) is 0 Å². The predicted molar refractivity (Wildman–Crippen MR) is 79.3 cm³/mol. The van der Waals surface area contributed by atoms with E-state index in [4.69, 9.17) is 21.1 Å². The van der Waals surface area contributed by atoms with Crippen LogP contribution in [0.4, 0.5) is 0 Å². The van der Waals surface area contributed by atoms with Crippen LogP contribution in [-0.2, 0) is 0 Å². The van der Waals surface area contributed by atoms with Crippen LogP contribution < -0.4 is 9.47 Å². The Labute approximate surface area is 118 Å². The maximum Gasteiger partial charge on any atom is 0.119 e. The standard InChI is InChI=1S/C16H17ClO2/c1-18-15-8-6-13(7-9-15)14-4-2-5-16(12-14)19-11-3-10-17/h2,4-9,12H,3,10-11H2,1H3. The topological polar surface area (TPSA) is 18.5 Å². The van der Waals surface area contributed by atoms with Gasteiger partial charge in [0.2, 0.25) is 0 Å². The first-order chi connectivity index (χ1) is 9.33. The summed E-state index contributed by atoms with van der Waals surface area (Å²) in [5.41, 5.74) is 2.27. The minimum atomic E-state index is 0.623. The van der Waals surface area contributed by atoms with E-state index < -0.39 is 0 Å². The van der Waals surface area contributed by atoms with Crippen LogP contribution >= 0.6 is 11.6 Å². The molecule has 2 aromatic rings. The molecule has 0 saturated heterocycles. The summed E-state index contributed by atoms with van der Waals surface area (Å²) in [5.74, 6) is 2.36. The summed E-state index contributed by atoms with van der Waals surface area (Å²) < 4.78 is 10.8. The first kappa shape index (κ1) is 13.8. The van der Waals surface area contributed by atoms with Crippen molar-refractivity contribution in [1.29, 1.82) is 0 Å². The normalized spacial score (nSPS) is 10.2. The molecule has 0 aliphatic heterocycles. The largest absolute Gasteiger partial charge is 0.497 e. The van der Waals surface area contributed by atoms with Gasteiger partial charge in [-0.3, -0.25) is 0 Å². The monoisotopic (exact) mass is 276 g/mol. The molecule has 0 aliphatic rings. The molecular weight excluding hydrogens is 260 g/mol. The fourth-order valence-corrected chi connectivity index (χ4v) is 1.90. The smallest absolute Gasteiger partial charge is 0.119 e. The van der Waals surface area contributed by atoms with E-state index in [9.17, 15) is 0 Å². The molecule has 19 heavy (non-hydrogen) atoms. The van der Waals surface area contributed by atoms with E-state index in [1.807, 2.05) is 42.5 Å². The zero-order valence-electron chi connectivity index (χ0n) is 10.9. The average Bonchev–Trinajstić information content (AvgIpc) is 2.48. The van der Waals surface area contributed by atoms with Crippen molar-refractivity contribution in [3.63, 3.8) is 0 Å². The number of hydrogen-bond donors (Lipinski definition) is 0. The fourth-order valence-electron chi connectivity index (χ4n) is 1.79. The highest BCUT2D eigenvalue weighted by Gasteiger charge is 2.00. The Morgan fingerprint density at radius 1 is 0.947 bits per heavy atom. The van der Waals surface area contributed by atoms with Crippen LogP contribution in [0.5, 0.6) is 11.5 Å². The molecular formula is C16H17ClO2. The zero-order valence-corrected chi connectivity index (χ0v) is 11.7. The van der Waals surface area contributed by atoms with Gasteiger partial charge in [0.1, 0.15) is 11.5 Å². The van der Waals surface area contributed by atoms with Gasteiger partial charge in [-0.25, -0.2) is 0 Å². The highest BCUT2D eigenvalue weighted by molar-refractivity contribution is 6.17. The lowest BCUT2D eigenvalue weighted by atomic mass is 10.1. The molecule has 2 aromatic carbocycles. The minimum Gasteiger partial charge on any atom is -0.497 e. The molecule has 0 saturated carbocycles. The first-order valence-corrected chi connectivity index (χ1v) is 6.80. The molecule has 100 valence electrons. The van der Waals surface area contributed by atoms with Gasteiger partial charge in [-0.1, -0.05) is 24.3 Å². The fraction of sp³-hybridized carbons (Fsp3) is 0.250. The van der Waals surface area contributed by atoms with E-state index in [2.05, 4.69) is 6.07 Å². The molecule has 0 amide bonds. The Bertz CT molecular complexity index is 508. The van der Waals surface area contributed by atoms with Gasteiger partial charge in [-0.05, 0) is 41.8 Å². The number of halogens is 1. The van der Waals surface area contributed by atoms with Crippen molar-refractivity contribution in [3.8, 4) is 22.6 Å². The highest BCUT2D eigenvalue weighted by atomic mass is 35.5. The van der Waals surface area contributed by atoms with Gasteiger partial charge in [0.25, 0.3) is 0 Å². The van der Waals surface area contributed by atoms with Crippen molar-refractivity contribution in [2.24, 2.45) is 0 Å². The van der Waals surface area contributed by atoms with Crippen LogP contribution in [-0.4, -0.2) is 19.6 Å². The molecule has 0 heterocycles. The van der Waals surface area contributed by atoms with E-state index in [0.29, 0.717) is 12.5 Å². The first-order valence-electron chi connectivity index (χ1n) is 6.27. The van der Waals surface area contributed by atoms with Crippen LogP contribution in [0.15, 0.2) is 48.5 Å². The third kappa shape index (κ3) is 3.90. The second-order valence-corrected chi connectivity index (χ2v) is 4.53. The molecule has 0 fully saturated rings. The Morgan fingerprint density at radius 3 is 2.42 bits per heavy atom. The number of rotatable bonds is 6. The van der Waals surface area contributed by atoms with Crippen LogP contribution in [0.1, 0.15) is 6.42 Å². The highest BCUT2D eigenvalue weighted by Crippen LogP contribution is 2.25. The van der Waals surface area contributed by atoms with Gasteiger partial charge < -0.3 is 9.47 Å². The number of alkyl halides is 1. The summed E-state index contributed by atoms with van der Waals surface area (Å²) in [6, 6.07) is 16.0. The molecule has 2 rings (SSSR count). The summed E-state index contributed by atoms with van der Waals surface area (Å²) >= 11 is 5.63. The average molecular weight is 277 g/mol. The van der Waals surface area contributed by atoms with Gasteiger partial charge in [0, 0.05) is 5.88 Å². The van der Waals surface area contributed by atoms with Gasteiger partial charge in [0.05, 0.1) is 13.7 Å². The van der Waals surface area contributed by atoms with Gasteiger partial charge in [-0.2, -0.15) is 0 Å². The summed E-state index contributed by atoms with van der Waals surface area (Å²) in [6.45, 7) is 0.648. The van der Waals surface area contributed by atoms with Crippen LogP contribution in [0.25, 0.3) is 11.1 Å². The summed E-state index contributed by atoms with van der Waals surface area (Å²) in [7, 11) is 1.67. The second-order valence-electron chi connectivity index (χ2n) is 4.15. The third-order valence-electron chi connectivity index (χ3n) is 2.80. The second kappa shape index (κ2) is 7.05. The molecule has 0 atom stereocenters. The lowest BCUT2D eigenvalue weighted by Gasteiger charge is -2.08. The molecule has 0 radical (unpaired) electrons. The SMILES string of the molecule is COc1ccc(-c2cccc(OCCCCl)c2)cc1. The number of ether oxygens (including phenoxy) is 2. The number of benzene rings is 2. The quantitative estimate of drug-likeness (QED) is 0.576. The number of methoxy groups -OCH3 is 1. The number of hydrogen-bond acceptors (Lipinski definition) is 2. The lowest BCUT2D eigenvalue weighted by molar-refractivity contribution is 0.318. The Morgan fingerprint density at radius 2 is 1.74 bits per heavy atom. The molecule has 0 unspecified atom stereocenters. The van der Waals surface area contributed by atoms with E-state index >= 15 is 0 Å². The van der Waals surface area contributed by atoms with Crippen molar-refractivity contribution >= 4 is 11.6 Å². The molecule has 2 nitrogen and oxygen atoms in total. The molecule has 0 bridgehead atoms. The van der Waals surface area contributed by atoms with Crippen molar-refractivity contribution in [2.45, 2.75) is 6.42 Å². The molecule has 0 aromatic heterocycles. The van der Waals surface area contributed by atoms with E-state index in [1.165, 1.54) is 0 Å². The molecule has 0 aliphatic carbocycles. The summed E-state index contributed by atoms with van der Waals surface area (Å²) in [5, 5.41) is 0. The van der Waals surface area contributed by atoms with Gasteiger partial charge >= 0.3 is 0 Å². The van der Waals surface area contributed by atoms with E-state index in [1.54, 1.807) is 7.11 Å². The van der Waals surface area contributed by atoms with Crippen LogP contribution in [0, 0.1) is 0 Å². The molecule has 0 spiro atoms. The zero-order chi connectivity index (χ0) is 13.5. The molecule has 0 N–H and O–H groups in total.